The number of hydrogen-bond donors (Lipinski definition) is 1. The van der Waals surface area contributed by atoms with Crippen LogP contribution in [0.5, 0.6) is 0 Å². The molecule has 3 rings (SSSR count). The Balaban J connectivity index is 0.00000133. The van der Waals surface area contributed by atoms with E-state index in [0.717, 1.165) is 22.5 Å². The van der Waals surface area contributed by atoms with Crippen molar-refractivity contribution in [2.24, 2.45) is 5.73 Å². The lowest BCUT2D eigenvalue weighted by molar-refractivity contribution is 0.0885. The Hall–Kier alpha value is -1.07. The average molecular weight is 300 g/mol. The number of nitrogens with two attached hydrogens (primary N) is 1. The van der Waals surface area contributed by atoms with Crippen LogP contribution in [-0.4, -0.2) is 16.4 Å². The van der Waals surface area contributed by atoms with Gasteiger partial charge in [-0.2, -0.15) is 5.10 Å². The number of benzene rings is 1. The van der Waals surface area contributed by atoms with Crippen LogP contribution in [0.15, 0.2) is 24.4 Å². The van der Waals surface area contributed by atoms with Crippen molar-refractivity contribution in [1.82, 2.24) is 9.78 Å². The fraction of sp³-hybridized carbons (Fsp3) is 0.308. The van der Waals surface area contributed by atoms with Gasteiger partial charge in [0.1, 0.15) is 0 Å². The van der Waals surface area contributed by atoms with Gasteiger partial charge < -0.3 is 10.5 Å². The SMILES string of the molecule is Cc1cccc(Cl)c1-n1ncc2c1COC[C@H]2N.Cl. The van der Waals surface area contributed by atoms with Gasteiger partial charge in [0.2, 0.25) is 0 Å². The molecule has 1 atom stereocenters. The quantitative estimate of drug-likeness (QED) is 0.881. The van der Waals surface area contributed by atoms with E-state index >= 15 is 0 Å². The molecule has 0 aliphatic carbocycles. The van der Waals surface area contributed by atoms with Gasteiger partial charge in [-0.25, -0.2) is 4.68 Å². The summed E-state index contributed by atoms with van der Waals surface area (Å²) in [6.45, 7) is 3.08. The van der Waals surface area contributed by atoms with E-state index in [2.05, 4.69) is 5.10 Å². The summed E-state index contributed by atoms with van der Waals surface area (Å²) in [5, 5.41) is 5.09. The second-order valence-electron chi connectivity index (χ2n) is 4.49. The van der Waals surface area contributed by atoms with Crippen LogP contribution in [0.3, 0.4) is 0 Å². The van der Waals surface area contributed by atoms with Gasteiger partial charge in [-0.3, -0.25) is 0 Å². The van der Waals surface area contributed by atoms with Crippen molar-refractivity contribution < 1.29 is 4.74 Å². The molecule has 19 heavy (non-hydrogen) atoms. The van der Waals surface area contributed by atoms with Gasteiger partial charge in [-0.05, 0) is 18.6 Å². The molecule has 0 spiro atoms. The van der Waals surface area contributed by atoms with Crippen LogP contribution < -0.4 is 5.73 Å². The highest BCUT2D eigenvalue weighted by atomic mass is 35.5. The van der Waals surface area contributed by atoms with Gasteiger partial charge in [-0.15, -0.1) is 12.4 Å². The molecule has 2 N–H and O–H groups in total. The molecule has 1 aliphatic rings. The second kappa shape index (κ2) is 5.51. The Labute approximate surface area is 122 Å². The Morgan fingerprint density at radius 3 is 3.00 bits per heavy atom. The maximum absolute atomic E-state index is 6.27. The maximum Gasteiger partial charge on any atom is 0.0893 e. The lowest BCUT2D eigenvalue weighted by Crippen LogP contribution is -2.24. The molecule has 102 valence electrons. The fourth-order valence-corrected chi connectivity index (χ4v) is 2.60. The zero-order valence-corrected chi connectivity index (χ0v) is 12.0. The molecule has 0 fully saturated rings. The zero-order chi connectivity index (χ0) is 12.7. The van der Waals surface area contributed by atoms with Gasteiger partial charge >= 0.3 is 0 Å². The summed E-state index contributed by atoms with van der Waals surface area (Å²) in [6.07, 6.45) is 1.81. The van der Waals surface area contributed by atoms with Crippen LogP contribution in [0.4, 0.5) is 0 Å². The molecular weight excluding hydrogens is 285 g/mol. The molecule has 0 radical (unpaired) electrons. The zero-order valence-electron chi connectivity index (χ0n) is 10.5. The van der Waals surface area contributed by atoms with Crippen LogP contribution in [0, 0.1) is 6.92 Å². The summed E-state index contributed by atoms with van der Waals surface area (Å²) < 4.78 is 7.32. The predicted molar refractivity (Wildman–Crippen MR) is 77.1 cm³/mol. The summed E-state index contributed by atoms with van der Waals surface area (Å²) in [6, 6.07) is 5.70. The van der Waals surface area contributed by atoms with E-state index in [1.807, 2.05) is 36.0 Å². The van der Waals surface area contributed by atoms with E-state index in [4.69, 9.17) is 22.1 Å². The number of aryl methyl sites for hydroxylation is 1. The largest absolute Gasteiger partial charge is 0.373 e. The molecule has 6 heteroatoms. The third kappa shape index (κ3) is 2.37. The minimum Gasteiger partial charge on any atom is -0.373 e. The van der Waals surface area contributed by atoms with Gasteiger partial charge in [-0.1, -0.05) is 23.7 Å². The van der Waals surface area contributed by atoms with Crippen LogP contribution in [0.25, 0.3) is 5.69 Å². The molecule has 2 heterocycles. The number of halogens is 2. The molecular formula is C13H15Cl2N3O. The van der Waals surface area contributed by atoms with Gasteiger partial charge in [0.25, 0.3) is 0 Å². The van der Waals surface area contributed by atoms with E-state index < -0.39 is 0 Å². The highest BCUT2D eigenvalue weighted by molar-refractivity contribution is 6.32. The summed E-state index contributed by atoms with van der Waals surface area (Å²) in [5.74, 6) is 0. The van der Waals surface area contributed by atoms with Crippen molar-refractivity contribution in [3.05, 3.63) is 46.2 Å². The number of para-hydroxylation sites is 1. The van der Waals surface area contributed by atoms with Crippen molar-refractivity contribution >= 4 is 24.0 Å². The lowest BCUT2D eigenvalue weighted by Gasteiger charge is -2.21. The normalized spacial score (nSPS) is 17.7. The summed E-state index contributed by atoms with van der Waals surface area (Å²) in [4.78, 5) is 0. The van der Waals surface area contributed by atoms with Crippen LogP contribution in [0.2, 0.25) is 5.02 Å². The monoisotopic (exact) mass is 299 g/mol. The first kappa shape index (κ1) is 14.3. The molecule has 0 saturated heterocycles. The standard InChI is InChI=1S/C13H14ClN3O.ClH/c1-8-3-2-4-10(14)13(8)17-12-7-18-6-11(15)9(12)5-16-17;/h2-5,11H,6-7,15H2,1H3;1H/t11-;/m1./s1. The molecule has 1 aromatic heterocycles. The number of nitrogens with zero attached hydrogens (tertiary/aromatic N) is 2. The number of aromatic nitrogens is 2. The third-order valence-electron chi connectivity index (χ3n) is 3.24. The van der Waals surface area contributed by atoms with Gasteiger partial charge in [0.15, 0.2) is 0 Å². The Bertz CT molecular complexity index is 577. The first-order valence-electron chi connectivity index (χ1n) is 5.84. The van der Waals surface area contributed by atoms with Crippen LogP contribution in [0.1, 0.15) is 22.9 Å². The molecule has 4 nitrogen and oxygen atoms in total. The van der Waals surface area contributed by atoms with Crippen molar-refractivity contribution in [1.29, 1.82) is 0 Å². The van der Waals surface area contributed by atoms with Crippen molar-refractivity contribution in [2.45, 2.75) is 19.6 Å². The molecule has 0 saturated carbocycles. The Morgan fingerprint density at radius 1 is 1.47 bits per heavy atom. The van der Waals surface area contributed by atoms with Gasteiger partial charge in [0.05, 0.1) is 41.9 Å². The van der Waals surface area contributed by atoms with Crippen molar-refractivity contribution in [3.8, 4) is 5.69 Å². The second-order valence-corrected chi connectivity index (χ2v) is 4.89. The van der Waals surface area contributed by atoms with E-state index in [1.165, 1.54) is 0 Å². The third-order valence-corrected chi connectivity index (χ3v) is 3.54. The fourth-order valence-electron chi connectivity index (χ4n) is 2.30. The molecule has 0 amide bonds. The first-order chi connectivity index (χ1) is 8.68. The number of ether oxygens (including phenoxy) is 1. The van der Waals surface area contributed by atoms with Crippen molar-refractivity contribution in [2.75, 3.05) is 6.61 Å². The molecule has 2 aromatic rings. The Kier molecular flexibility index (Phi) is 4.16. The van der Waals surface area contributed by atoms with E-state index in [9.17, 15) is 0 Å². The molecule has 1 aromatic carbocycles. The van der Waals surface area contributed by atoms with E-state index in [0.29, 0.717) is 18.2 Å². The molecule has 0 unspecified atom stereocenters. The lowest BCUT2D eigenvalue weighted by atomic mass is 10.1. The average Bonchev–Trinajstić information content (AvgIpc) is 2.75. The van der Waals surface area contributed by atoms with Crippen LogP contribution >= 0.6 is 24.0 Å². The number of rotatable bonds is 1. The molecule has 1 aliphatic heterocycles. The first-order valence-corrected chi connectivity index (χ1v) is 6.22. The Morgan fingerprint density at radius 2 is 2.26 bits per heavy atom. The maximum atomic E-state index is 6.27. The highest BCUT2D eigenvalue weighted by Gasteiger charge is 2.23. The van der Waals surface area contributed by atoms with Crippen LogP contribution in [-0.2, 0) is 11.3 Å². The minimum absolute atomic E-state index is 0. The smallest absolute Gasteiger partial charge is 0.0893 e. The molecule has 0 bridgehead atoms. The van der Waals surface area contributed by atoms with E-state index in [1.54, 1.807) is 0 Å². The van der Waals surface area contributed by atoms with Crippen molar-refractivity contribution in [3.63, 3.8) is 0 Å². The van der Waals surface area contributed by atoms with E-state index in [-0.39, 0.29) is 18.4 Å². The number of hydrogen-bond acceptors (Lipinski definition) is 3. The number of fused-ring (bicyclic) bond motifs is 1. The summed E-state index contributed by atoms with van der Waals surface area (Å²) in [5.41, 5.74) is 10.0. The minimum atomic E-state index is -0.106. The highest BCUT2D eigenvalue weighted by Crippen LogP contribution is 2.29. The summed E-state index contributed by atoms with van der Waals surface area (Å²) in [7, 11) is 0. The predicted octanol–water partition coefficient (Wildman–Crippen LogP) is 2.79. The van der Waals surface area contributed by atoms with Gasteiger partial charge in [0, 0.05) is 5.56 Å². The topological polar surface area (TPSA) is 53.1 Å². The summed E-state index contributed by atoms with van der Waals surface area (Å²) >= 11 is 6.27.